The molecule has 0 bridgehead atoms. The van der Waals surface area contributed by atoms with E-state index in [0.29, 0.717) is 10.7 Å². The second kappa shape index (κ2) is 9.05. The SMILES string of the molecule is CCOC(=O)C1=C(O)/C(=C/c2ccc(OC)c(Br)c2)SC1=NC(=O)CC. The molecule has 0 atom stereocenters. The molecule has 6 nitrogen and oxygen atoms in total. The number of ether oxygens (including phenoxy) is 2. The van der Waals surface area contributed by atoms with E-state index in [1.54, 1.807) is 39.2 Å². The molecule has 138 valence electrons. The van der Waals surface area contributed by atoms with E-state index in [1.165, 1.54) is 0 Å². The second-order valence-electron chi connectivity index (χ2n) is 5.11. The fourth-order valence-corrected chi connectivity index (χ4v) is 3.70. The van der Waals surface area contributed by atoms with Crippen LogP contribution in [0.1, 0.15) is 25.8 Å². The summed E-state index contributed by atoms with van der Waals surface area (Å²) in [5.74, 6) is -0.660. The summed E-state index contributed by atoms with van der Waals surface area (Å²) in [4.78, 5) is 28.2. The van der Waals surface area contributed by atoms with Gasteiger partial charge in [-0.15, -0.1) is 0 Å². The van der Waals surface area contributed by atoms with Gasteiger partial charge in [-0.1, -0.05) is 24.8 Å². The Hall–Kier alpha value is -2.06. The van der Waals surface area contributed by atoms with Crippen molar-refractivity contribution in [2.75, 3.05) is 13.7 Å². The highest BCUT2D eigenvalue weighted by atomic mass is 79.9. The van der Waals surface area contributed by atoms with E-state index in [1.807, 2.05) is 6.07 Å². The summed E-state index contributed by atoms with van der Waals surface area (Å²) in [6.07, 6.45) is 1.90. The first-order valence-electron chi connectivity index (χ1n) is 7.86. The number of carbonyl (C=O) groups excluding carboxylic acids is 2. The molecule has 0 spiro atoms. The van der Waals surface area contributed by atoms with Gasteiger partial charge in [0.25, 0.3) is 0 Å². The van der Waals surface area contributed by atoms with Crippen molar-refractivity contribution >= 4 is 50.7 Å². The number of hydrogen-bond acceptors (Lipinski definition) is 6. The van der Waals surface area contributed by atoms with E-state index >= 15 is 0 Å². The number of halogens is 1. The standard InChI is InChI=1S/C18H18BrNO5S/c1-4-14(21)20-17-15(18(23)25-5-2)16(22)13(26-17)9-10-6-7-12(24-3)11(19)8-10/h6-9,22H,4-5H2,1-3H3/b13-9-,20-17?. The Morgan fingerprint density at radius 2 is 2.08 bits per heavy atom. The van der Waals surface area contributed by atoms with Crippen LogP contribution in [0.15, 0.2) is 43.9 Å². The van der Waals surface area contributed by atoms with Crippen molar-refractivity contribution in [3.8, 4) is 5.75 Å². The number of amides is 1. The summed E-state index contributed by atoms with van der Waals surface area (Å²) >= 11 is 4.46. The number of thioether (sulfide) groups is 1. The summed E-state index contributed by atoms with van der Waals surface area (Å²) in [6.45, 7) is 3.49. The molecule has 8 heteroatoms. The quantitative estimate of drug-likeness (QED) is 0.689. The van der Waals surface area contributed by atoms with Gasteiger partial charge >= 0.3 is 5.97 Å². The number of nitrogens with zero attached hydrogens (tertiary/aromatic N) is 1. The fourth-order valence-electron chi connectivity index (χ4n) is 2.11. The molecule has 0 fully saturated rings. The van der Waals surface area contributed by atoms with Crippen molar-refractivity contribution in [2.24, 2.45) is 4.99 Å². The molecule has 1 N–H and O–H groups in total. The largest absolute Gasteiger partial charge is 0.506 e. The second-order valence-corrected chi connectivity index (χ2v) is 7.00. The average molecular weight is 440 g/mol. The molecule has 0 saturated heterocycles. The van der Waals surface area contributed by atoms with E-state index in [-0.39, 0.29) is 35.3 Å². The maximum absolute atomic E-state index is 12.2. The number of hydrogen-bond donors (Lipinski definition) is 1. The van der Waals surface area contributed by atoms with Gasteiger partial charge in [0.05, 0.1) is 23.1 Å². The molecule has 1 aliphatic rings. The van der Waals surface area contributed by atoms with Gasteiger partial charge in [-0.05, 0) is 46.6 Å². The van der Waals surface area contributed by atoms with Gasteiger partial charge in [0.1, 0.15) is 22.1 Å². The van der Waals surface area contributed by atoms with E-state index in [9.17, 15) is 14.7 Å². The number of carbonyl (C=O) groups is 2. The normalized spacial score (nSPS) is 17.1. The van der Waals surface area contributed by atoms with Crippen molar-refractivity contribution in [1.82, 2.24) is 0 Å². The zero-order valence-electron chi connectivity index (χ0n) is 14.5. The first-order valence-corrected chi connectivity index (χ1v) is 9.47. The fraction of sp³-hybridized carbons (Fsp3) is 0.278. The van der Waals surface area contributed by atoms with E-state index in [0.717, 1.165) is 21.8 Å². The average Bonchev–Trinajstić information content (AvgIpc) is 2.90. The van der Waals surface area contributed by atoms with Crippen molar-refractivity contribution in [1.29, 1.82) is 0 Å². The Morgan fingerprint density at radius 3 is 2.65 bits per heavy atom. The Morgan fingerprint density at radius 1 is 1.35 bits per heavy atom. The molecule has 0 aliphatic carbocycles. The van der Waals surface area contributed by atoms with Gasteiger partial charge in [-0.25, -0.2) is 9.79 Å². The van der Waals surface area contributed by atoms with Crippen molar-refractivity contribution in [3.05, 3.63) is 44.5 Å². The van der Waals surface area contributed by atoms with E-state index in [4.69, 9.17) is 9.47 Å². The van der Waals surface area contributed by atoms with Crippen molar-refractivity contribution in [2.45, 2.75) is 20.3 Å². The molecule has 1 aliphatic heterocycles. The highest BCUT2D eigenvalue weighted by Crippen LogP contribution is 2.39. The molecule has 1 aromatic rings. The van der Waals surface area contributed by atoms with E-state index < -0.39 is 5.97 Å². The number of rotatable bonds is 5. The Labute approximate surface area is 164 Å². The van der Waals surface area contributed by atoms with Gasteiger partial charge in [0, 0.05) is 6.42 Å². The topological polar surface area (TPSA) is 85.2 Å². The molecule has 1 aromatic carbocycles. The van der Waals surface area contributed by atoms with E-state index in [2.05, 4.69) is 20.9 Å². The predicted octanol–water partition coefficient (Wildman–Crippen LogP) is 4.26. The third-order valence-corrected chi connectivity index (χ3v) is 5.01. The van der Waals surface area contributed by atoms with Crippen LogP contribution in [-0.2, 0) is 14.3 Å². The summed E-state index contributed by atoms with van der Waals surface area (Å²) < 4.78 is 10.9. The summed E-state index contributed by atoms with van der Waals surface area (Å²) in [6, 6.07) is 5.40. The van der Waals surface area contributed by atoms with Crippen LogP contribution in [0, 0.1) is 0 Å². The highest BCUT2D eigenvalue weighted by molar-refractivity contribution is 9.10. The van der Waals surface area contributed by atoms with Crippen LogP contribution >= 0.6 is 27.7 Å². The summed E-state index contributed by atoms with van der Waals surface area (Å²) in [5, 5.41) is 10.6. The van der Waals surface area contributed by atoms with Crippen LogP contribution in [0.5, 0.6) is 5.75 Å². The summed E-state index contributed by atoms with van der Waals surface area (Å²) in [5.41, 5.74) is 0.690. The Kier molecular flexibility index (Phi) is 7.05. The molecule has 0 saturated carbocycles. The van der Waals surface area contributed by atoms with Crippen LogP contribution in [0.4, 0.5) is 0 Å². The molecule has 26 heavy (non-hydrogen) atoms. The Bertz CT molecular complexity index is 829. The lowest BCUT2D eigenvalue weighted by molar-refractivity contribution is -0.138. The van der Waals surface area contributed by atoms with Gasteiger partial charge in [0.15, 0.2) is 0 Å². The number of benzene rings is 1. The number of esters is 1. The van der Waals surface area contributed by atoms with Crippen molar-refractivity contribution in [3.63, 3.8) is 0 Å². The van der Waals surface area contributed by atoms with Gasteiger partial charge in [0.2, 0.25) is 5.91 Å². The molecule has 0 aromatic heterocycles. The Balaban J connectivity index is 2.46. The minimum absolute atomic E-state index is 0.0857. The first kappa shape index (κ1) is 20.3. The smallest absolute Gasteiger partial charge is 0.344 e. The van der Waals surface area contributed by atoms with Crippen LogP contribution in [0.25, 0.3) is 6.08 Å². The lowest BCUT2D eigenvalue weighted by atomic mass is 10.1. The first-order chi connectivity index (χ1) is 12.4. The minimum Gasteiger partial charge on any atom is -0.506 e. The third-order valence-electron chi connectivity index (χ3n) is 3.37. The molecule has 0 unspecified atom stereocenters. The van der Waals surface area contributed by atoms with Gasteiger partial charge in [-0.2, -0.15) is 0 Å². The van der Waals surface area contributed by atoms with Gasteiger partial charge < -0.3 is 14.6 Å². The zero-order chi connectivity index (χ0) is 19.3. The maximum atomic E-state index is 12.2. The number of methoxy groups -OCH3 is 1. The molecule has 2 rings (SSSR count). The third kappa shape index (κ3) is 4.56. The predicted molar refractivity (Wildman–Crippen MR) is 105 cm³/mol. The molecular formula is C18H18BrNO5S. The summed E-state index contributed by atoms with van der Waals surface area (Å²) in [7, 11) is 1.57. The molecule has 1 heterocycles. The monoisotopic (exact) mass is 439 g/mol. The molecular weight excluding hydrogens is 422 g/mol. The van der Waals surface area contributed by atoms with Crippen LogP contribution < -0.4 is 4.74 Å². The van der Waals surface area contributed by atoms with Crippen LogP contribution in [0.2, 0.25) is 0 Å². The minimum atomic E-state index is -0.709. The van der Waals surface area contributed by atoms with Gasteiger partial charge in [-0.3, -0.25) is 4.79 Å². The lowest BCUT2D eigenvalue weighted by Gasteiger charge is -2.04. The zero-order valence-corrected chi connectivity index (χ0v) is 16.9. The number of aliphatic hydroxyl groups is 1. The number of aliphatic hydroxyl groups excluding tert-OH is 1. The van der Waals surface area contributed by atoms with Crippen molar-refractivity contribution < 1.29 is 24.2 Å². The number of aliphatic imine (C=N–C) groups is 1. The highest BCUT2D eigenvalue weighted by Gasteiger charge is 2.33. The maximum Gasteiger partial charge on any atom is 0.344 e. The van der Waals surface area contributed by atoms with Crippen LogP contribution in [0.3, 0.4) is 0 Å². The van der Waals surface area contributed by atoms with Crippen LogP contribution in [-0.4, -0.2) is 35.7 Å². The lowest BCUT2D eigenvalue weighted by Crippen LogP contribution is -2.14. The molecule has 1 amide bonds. The molecule has 0 radical (unpaired) electrons.